The fraction of sp³-hybridized carbons (Fsp3) is 0.444. The Morgan fingerprint density at radius 2 is 2.10 bits per heavy atom. The third-order valence-electron chi connectivity index (χ3n) is 4.64. The average molecular weight is 271 g/mol. The minimum Gasteiger partial charge on any atom is -0.292 e. The smallest absolute Gasteiger partial charge is 0.124 e. The fourth-order valence-electron chi connectivity index (χ4n) is 3.56. The molecule has 0 saturated heterocycles. The van der Waals surface area contributed by atoms with Crippen molar-refractivity contribution in [1.29, 1.82) is 0 Å². The highest BCUT2D eigenvalue weighted by molar-refractivity contribution is 5.42. The molecule has 2 unspecified atom stereocenters. The summed E-state index contributed by atoms with van der Waals surface area (Å²) in [7, 11) is 0. The molecule has 2 atom stereocenters. The maximum absolute atomic E-state index is 14.5. The predicted molar refractivity (Wildman–Crippen MR) is 81.2 cm³/mol. The summed E-state index contributed by atoms with van der Waals surface area (Å²) in [5.74, 6) is 0.258. The van der Waals surface area contributed by atoms with Gasteiger partial charge in [0.15, 0.2) is 0 Å². The lowest BCUT2D eigenvalue weighted by atomic mass is 9.80. The van der Waals surface area contributed by atoms with Crippen LogP contribution in [0.5, 0.6) is 0 Å². The second-order valence-electron chi connectivity index (χ2n) is 5.82. The van der Waals surface area contributed by atoms with Crippen LogP contribution in [0.4, 0.5) is 4.39 Å². The van der Waals surface area contributed by atoms with Gasteiger partial charge in [-0.2, -0.15) is 0 Å². The minimum atomic E-state index is -0.0242. The molecule has 0 radical (unpaired) electrons. The van der Waals surface area contributed by atoms with Crippen LogP contribution in [0.3, 0.4) is 0 Å². The Balaban J connectivity index is 2.12. The van der Waals surface area contributed by atoms with E-state index in [1.807, 2.05) is 6.08 Å². The third kappa shape index (κ3) is 2.22. The molecule has 20 heavy (non-hydrogen) atoms. The first kappa shape index (κ1) is 13.6. The van der Waals surface area contributed by atoms with Crippen LogP contribution in [0.1, 0.15) is 37.4 Å². The Labute approximate surface area is 120 Å². The third-order valence-corrected chi connectivity index (χ3v) is 4.64. The van der Waals surface area contributed by atoms with E-state index in [4.69, 9.17) is 0 Å². The number of halogens is 1. The largest absolute Gasteiger partial charge is 0.292 e. The molecule has 1 nitrogen and oxygen atoms in total. The number of hydrogen-bond acceptors (Lipinski definition) is 1. The van der Waals surface area contributed by atoms with E-state index >= 15 is 0 Å². The summed E-state index contributed by atoms with van der Waals surface area (Å²) in [6, 6.07) is 8.65. The molecule has 2 aliphatic rings. The first-order valence-corrected chi connectivity index (χ1v) is 7.60. The molecule has 3 rings (SSSR count). The molecule has 2 heteroatoms. The Bertz CT molecular complexity index is 558. The van der Waals surface area contributed by atoms with Crippen molar-refractivity contribution in [3.05, 3.63) is 58.9 Å². The van der Waals surface area contributed by atoms with Crippen LogP contribution in [0.25, 0.3) is 0 Å². The molecular weight excluding hydrogens is 249 g/mol. The summed E-state index contributed by atoms with van der Waals surface area (Å²) < 4.78 is 14.5. The van der Waals surface area contributed by atoms with Crippen LogP contribution in [0.2, 0.25) is 0 Å². The zero-order chi connectivity index (χ0) is 14.1. The zero-order valence-electron chi connectivity index (χ0n) is 12.3. The van der Waals surface area contributed by atoms with Crippen LogP contribution in [-0.2, 0) is 6.42 Å². The molecular formula is C18H22FN. The first-order chi connectivity index (χ1) is 9.72. The average Bonchev–Trinajstić information content (AvgIpc) is 2.47. The second kappa shape index (κ2) is 5.53. The number of rotatable bonds is 2. The van der Waals surface area contributed by atoms with Gasteiger partial charge in [0.2, 0.25) is 0 Å². The van der Waals surface area contributed by atoms with E-state index in [9.17, 15) is 4.39 Å². The highest BCUT2D eigenvalue weighted by atomic mass is 19.1. The van der Waals surface area contributed by atoms with Gasteiger partial charge in [0.25, 0.3) is 0 Å². The molecule has 0 N–H and O–H groups in total. The number of fused-ring (bicyclic) bond motifs is 1. The van der Waals surface area contributed by atoms with Gasteiger partial charge < -0.3 is 0 Å². The van der Waals surface area contributed by atoms with E-state index in [-0.39, 0.29) is 17.8 Å². The van der Waals surface area contributed by atoms with Crippen LogP contribution in [0, 0.1) is 5.92 Å². The van der Waals surface area contributed by atoms with Crippen molar-refractivity contribution in [3.8, 4) is 0 Å². The van der Waals surface area contributed by atoms with Gasteiger partial charge >= 0.3 is 0 Å². The van der Waals surface area contributed by atoms with Gasteiger partial charge in [0.1, 0.15) is 5.83 Å². The van der Waals surface area contributed by atoms with Crippen LogP contribution < -0.4 is 0 Å². The van der Waals surface area contributed by atoms with Gasteiger partial charge in [-0.25, -0.2) is 4.39 Å². The topological polar surface area (TPSA) is 3.24 Å². The molecule has 0 saturated carbocycles. The van der Waals surface area contributed by atoms with Crippen LogP contribution >= 0.6 is 0 Å². The number of nitrogens with zero attached hydrogens (tertiary/aromatic N) is 1. The van der Waals surface area contributed by atoms with Crippen molar-refractivity contribution in [2.24, 2.45) is 5.92 Å². The van der Waals surface area contributed by atoms with Gasteiger partial charge in [-0.05, 0) is 48.1 Å². The predicted octanol–water partition coefficient (Wildman–Crippen LogP) is 4.43. The van der Waals surface area contributed by atoms with Gasteiger partial charge in [0, 0.05) is 6.54 Å². The lowest BCUT2D eigenvalue weighted by Crippen LogP contribution is -2.38. The highest BCUT2D eigenvalue weighted by Gasteiger charge is 2.33. The van der Waals surface area contributed by atoms with Gasteiger partial charge in [-0.15, -0.1) is 0 Å². The first-order valence-electron chi connectivity index (χ1n) is 7.60. The van der Waals surface area contributed by atoms with E-state index in [2.05, 4.69) is 43.0 Å². The number of hydrogen-bond donors (Lipinski definition) is 0. The summed E-state index contributed by atoms with van der Waals surface area (Å²) >= 11 is 0. The summed E-state index contributed by atoms with van der Waals surface area (Å²) in [5, 5.41) is 0. The van der Waals surface area contributed by atoms with Gasteiger partial charge in [0.05, 0.1) is 6.04 Å². The van der Waals surface area contributed by atoms with Gasteiger partial charge in [-0.3, -0.25) is 4.90 Å². The zero-order valence-corrected chi connectivity index (χ0v) is 12.3. The van der Waals surface area contributed by atoms with E-state index in [0.717, 1.165) is 31.5 Å². The standard InChI is InChI=1S/C18H22FN/c1-3-20-12-11-14-8-4-5-9-15(14)18(20)17-13(2)7-6-10-16(17)19/h4-6,8-10,13,18H,3,7,11-12H2,1-2H3. The fourth-order valence-corrected chi connectivity index (χ4v) is 3.56. The minimum absolute atomic E-state index is 0.0242. The van der Waals surface area contributed by atoms with E-state index in [1.54, 1.807) is 6.08 Å². The lowest BCUT2D eigenvalue weighted by molar-refractivity contribution is 0.208. The SMILES string of the molecule is CCN1CCc2ccccc2C1C1=C(F)C=CCC1C. The molecule has 1 aromatic carbocycles. The highest BCUT2D eigenvalue weighted by Crippen LogP contribution is 2.42. The second-order valence-corrected chi connectivity index (χ2v) is 5.82. The molecule has 1 aliphatic heterocycles. The number of allylic oxidation sites excluding steroid dienone is 3. The quantitative estimate of drug-likeness (QED) is 0.769. The molecule has 106 valence electrons. The maximum atomic E-state index is 14.5. The Hall–Kier alpha value is -1.41. The van der Waals surface area contributed by atoms with Crippen molar-refractivity contribution in [2.45, 2.75) is 32.7 Å². The summed E-state index contributed by atoms with van der Waals surface area (Å²) in [6.45, 7) is 6.30. The van der Waals surface area contributed by atoms with E-state index < -0.39 is 0 Å². The van der Waals surface area contributed by atoms with E-state index in [0.29, 0.717) is 0 Å². The summed E-state index contributed by atoms with van der Waals surface area (Å²) in [6.07, 6.45) is 5.62. The molecule has 0 amide bonds. The van der Waals surface area contributed by atoms with Crippen LogP contribution in [-0.4, -0.2) is 18.0 Å². The van der Waals surface area contributed by atoms with Crippen molar-refractivity contribution >= 4 is 0 Å². The molecule has 1 aromatic rings. The Morgan fingerprint density at radius 3 is 2.85 bits per heavy atom. The molecule has 0 fully saturated rings. The normalized spacial score (nSPS) is 26.8. The number of likely N-dealkylation sites (N-methyl/N-ethyl adjacent to an activating group) is 1. The van der Waals surface area contributed by atoms with Crippen molar-refractivity contribution in [1.82, 2.24) is 4.90 Å². The maximum Gasteiger partial charge on any atom is 0.124 e. The Kier molecular flexibility index (Phi) is 3.75. The Morgan fingerprint density at radius 1 is 1.30 bits per heavy atom. The summed E-state index contributed by atoms with van der Waals surface area (Å²) in [4.78, 5) is 2.41. The molecule has 0 bridgehead atoms. The van der Waals surface area contributed by atoms with Crippen molar-refractivity contribution in [2.75, 3.05) is 13.1 Å². The molecule has 0 aromatic heterocycles. The summed E-state index contributed by atoms with van der Waals surface area (Å²) in [5.41, 5.74) is 3.65. The van der Waals surface area contributed by atoms with Crippen molar-refractivity contribution in [3.63, 3.8) is 0 Å². The lowest BCUT2D eigenvalue weighted by Gasteiger charge is -2.40. The van der Waals surface area contributed by atoms with Crippen LogP contribution in [0.15, 0.2) is 47.8 Å². The monoisotopic (exact) mass is 271 g/mol. The van der Waals surface area contributed by atoms with Gasteiger partial charge in [-0.1, -0.05) is 44.2 Å². The number of benzene rings is 1. The van der Waals surface area contributed by atoms with Crippen molar-refractivity contribution < 1.29 is 4.39 Å². The molecule has 1 heterocycles. The molecule has 0 spiro atoms. The molecule has 1 aliphatic carbocycles. The van der Waals surface area contributed by atoms with E-state index in [1.165, 1.54) is 11.1 Å².